The predicted molar refractivity (Wildman–Crippen MR) is 328 cm³/mol. The number of β-amino-alcohol motifs (C(OH)–C–C–N with tert-alkyl or cyclic N) is 1. The first-order valence-electron chi connectivity index (χ1n) is 29.9. The van der Waals surface area contributed by atoms with Crippen molar-refractivity contribution in [3.05, 3.63) is 108 Å². The zero-order valence-electron chi connectivity index (χ0n) is 51.4. The molecular formula is C60H71N12NaO20S2. The normalized spacial score (nSPS) is 25.6. The molecule has 0 radical (unpaired) electrons. The number of aliphatic hydroxyl groups excluding tert-OH is 7. The maximum atomic E-state index is 14.7. The summed E-state index contributed by atoms with van der Waals surface area (Å²) in [7, 11) is 0. The van der Waals surface area contributed by atoms with Crippen LogP contribution in [0.15, 0.2) is 91.1 Å². The van der Waals surface area contributed by atoms with Crippen LogP contribution >= 0.6 is 23.7 Å². The van der Waals surface area contributed by atoms with Crippen molar-refractivity contribution in [2.75, 3.05) is 37.6 Å². The number of carbonyl (C=O) groups is 8. The van der Waals surface area contributed by atoms with E-state index >= 15 is 0 Å². The summed E-state index contributed by atoms with van der Waals surface area (Å²) < 4.78 is 9.06. The number of anilines is 1. The van der Waals surface area contributed by atoms with Gasteiger partial charge >= 0.3 is 29.6 Å². The SMILES string of the molecule is CC(O)C1NC(=O)[C@@H](NC(=O)c2ccc(-c3nnc(-c4ccc(N5CCC(c6ccccc6)CC5)nc4)s3)cc2)CC(O)CNC(=O)C2C(O)C(C)CN2C(=O)C(C(O)CC(N)=O)NC(=O)C(C(O)C(O)c2ccc(O)c(OSOO[O-])c2)NC(=O)C2CC(O)CN2C1=O.[Na+]. The van der Waals surface area contributed by atoms with Gasteiger partial charge in [-0.15, -0.1) is 14.5 Å². The standard InChI is InChI=1S/C60H72N12O20S2.Na/c1-28-26-72-48(49(28)79)56(86)63-25-36(74)21-38(64-52(82)32-8-10-33(11-9-32)57-68-69-58(93-57)35-13-15-44(62-24-35)70-18-16-31(17-19-70)30-6-4-3-5-7-30)53(83)65-45(29(2)73)59(87)71-27-37(75)22-39(71)54(84)67-47(55(85)66-46(60(72)88)41(77)23-43(61)78)51(81)50(80)34-12-14-40(76)42(20-34)90-94-92-91-89;/h3-15,20,24,28-29,31,36-39,41,45-51,73-77,79-81,89H,16-19,21-23,25-27H2,1-2H3,(H2,61,78)(H,63,86)(H,64,82)(H,65,83)(H,66,85)(H,67,84);/q;+1/p-1/t28?,29?,36?,37?,38-,39?,41?,45?,46?,47?,48?,49?,50?,51?;/m0./s1. The van der Waals surface area contributed by atoms with Gasteiger partial charge < -0.3 is 97.3 Å². The maximum Gasteiger partial charge on any atom is 1.00 e. The molecule has 9 rings (SSSR count). The Labute approximate surface area is 573 Å². The van der Waals surface area contributed by atoms with Gasteiger partial charge in [0, 0.05) is 74.4 Å². The average molecular weight is 1370 g/mol. The Morgan fingerprint density at radius 3 is 2.09 bits per heavy atom. The van der Waals surface area contributed by atoms with E-state index in [1.165, 1.54) is 36.0 Å². The van der Waals surface area contributed by atoms with E-state index < -0.39 is 183 Å². The number of fused-ring (bicyclic) bond motifs is 2. The van der Waals surface area contributed by atoms with Crippen LogP contribution in [0.2, 0.25) is 0 Å². The molecule has 0 spiro atoms. The van der Waals surface area contributed by atoms with Crippen LogP contribution in [-0.2, 0) is 42.9 Å². The number of benzene rings is 3. The van der Waals surface area contributed by atoms with Crippen LogP contribution in [0.4, 0.5) is 5.82 Å². The van der Waals surface area contributed by atoms with Crippen LogP contribution in [-0.4, -0.2) is 219 Å². The van der Waals surface area contributed by atoms with Gasteiger partial charge in [-0.2, -0.15) is 0 Å². The number of phenolic OH excluding ortho intramolecular Hbond substituents is 1. The summed E-state index contributed by atoms with van der Waals surface area (Å²) in [6.45, 7) is 2.38. The number of nitrogens with zero attached hydrogens (tertiary/aromatic N) is 6. The number of primary amides is 1. The van der Waals surface area contributed by atoms with E-state index in [4.69, 9.17) is 14.9 Å². The number of hydrogen-bond acceptors (Lipinski definition) is 26. The molecule has 2 aromatic heterocycles. The van der Waals surface area contributed by atoms with Gasteiger partial charge in [-0.05, 0) is 73.2 Å². The molecule has 35 heteroatoms. The molecule has 0 saturated carbocycles. The molecule has 4 aliphatic rings. The van der Waals surface area contributed by atoms with Crippen molar-refractivity contribution in [1.82, 2.24) is 51.6 Å². The fourth-order valence-corrected chi connectivity index (χ4v) is 12.9. The Hall–Kier alpha value is -7.52. The monoisotopic (exact) mass is 1370 g/mol. The van der Waals surface area contributed by atoms with E-state index in [2.05, 4.69) is 75.3 Å². The molecule has 13 unspecified atom stereocenters. The summed E-state index contributed by atoms with van der Waals surface area (Å²) in [5, 5.41) is 125. The molecule has 4 fully saturated rings. The van der Waals surface area contributed by atoms with Crippen molar-refractivity contribution >= 4 is 76.7 Å². The van der Waals surface area contributed by atoms with Crippen LogP contribution in [0.25, 0.3) is 21.1 Å². The van der Waals surface area contributed by atoms with E-state index in [9.17, 15) is 84.5 Å². The molecule has 3 aromatic carbocycles. The predicted octanol–water partition coefficient (Wildman–Crippen LogP) is -6.16. The number of nitrogens with one attached hydrogen (secondary N) is 5. The second-order valence-corrected chi connectivity index (χ2v) is 24.8. The molecule has 504 valence electrons. The first-order valence-corrected chi connectivity index (χ1v) is 31.4. The Kier molecular flexibility index (Phi) is 25.4. The fraction of sp³-hybridized carbons (Fsp3) is 0.450. The summed E-state index contributed by atoms with van der Waals surface area (Å²) in [6.07, 6.45) is -12.5. The van der Waals surface area contributed by atoms with E-state index in [1.807, 2.05) is 18.2 Å². The van der Waals surface area contributed by atoms with Gasteiger partial charge in [-0.25, -0.2) is 4.98 Å². The molecule has 4 aliphatic heterocycles. The van der Waals surface area contributed by atoms with Crippen LogP contribution in [0.1, 0.15) is 79.5 Å². The Bertz CT molecular complexity index is 3520. The van der Waals surface area contributed by atoms with Gasteiger partial charge in [-0.3, -0.25) is 43.4 Å². The van der Waals surface area contributed by atoms with Gasteiger partial charge in [0.15, 0.2) is 11.5 Å². The summed E-state index contributed by atoms with van der Waals surface area (Å²) in [5.74, 6) is -10.7. The van der Waals surface area contributed by atoms with Crippen molar-refractivity contribution in [3.63, 3.8) is 0 Å². The van der Waals surface area contributed by atoms with Crippen molar-refractivity contribution in [3.8, 4) is 32.6 Å². The molecule has 15 N–H and O–H groups in total. The fourth-order valence-electron chi connectivity index (χ4n) is 11.8. The summed E-state index contributed by atoms with van der Waals surface area (Å²) >= 11 is 1.19. The molecule has 4 saturated heterocycles. The van der Waals surface area contributed by atoms with Crippen molar-refractivity contribution in [1.29, 1.82) is 0 Å². The van der Waals surface area contributed by atoms with Crippen LogP contribution in [0, 0.1) is 5.92 Å². The zero-order valence-corrected chi connectivity index (χ0v) is 55.1. The van der Waals surface area contributed by atoms with Crippen LogP contribution in [0.5, 0.6) is 11.5 Å². The number of aliphatic hydroxyl groups is 7. The number of hydrogen-bond donors (Lipinski definition) is 14. The van der Waals surface area contributed by atoms with Gasteiger partial charge in [0.1, 0.15) is 64.3 Å². The van der Waals surface area contributed by atoms with Gasteiger partial charge in [-0.1, -0.05) is 66.8 Å². The van der Waals surface area contributed by atoms with Crippen molar-refractivity contribution < 1.29 is 128 Å². The number of carbonyl (C=O) groups excluding carboxylic acids is 8. The number of nitrogens with two attached hydrogens (primary N) is 1. The number of pyridine rings is 1. The van der Waals surface area contributed by atoms with E-state index in [1.54, 1.807) is 18.3 Å². The van der Waals surface area contributed by atoms with Gasteiger partial charge in [0.2, 0.25) is 41.4 Å². The average Bonchev–Trinajstić information content (AvgIpc) is 1.73. The molecule has 95 heavy (non-hydrogen) atoms. The van der Waals surface area contributed by atoms with E-state index in [0.29, 0.717) is 21.5 Å². The maximum absolute atomic E-state index is 14.7. The largest absolute Gasteiger partial charge is 1.00 e. The quantitative estimate of drug-likeness (QED) is 0.0135. The van der Waals surface area contributed by atoms with Gasteiger partial charge in [0.25, 0.3) is 18.2 Å². The van der Waals surface area contributed by atoms with Crippen molar-refractivity contribution in [2.45, 2.75) is 131 Å². The van der Waals surface area contributed by atoms with Gasteiger partial charge in [0.05, 0.1) is 36.9 Å². The minimum Gasteiger partial charge on any atom is -0.691 e. The summed E-state index contributed by atoms with van der Waals surface area (Å²) in [5.41, 5.74) is 7.64. The van der Waals surface area contributed by atoms with Crippen molar-refractivity contribution in [2.24, 2.45) is 11.7 Å². The minimum absolute atomic E-state index is 0. The molecule has 14 atom stereocenters. The second-order valence-electron chi connectivity index (χ2n) is 23.4. The molecule has 5 aromatic rings. The van der Waals surface area contributed by atoms with E-state index in [-0.39, 0.29) is 53.0 Å². The molecule has 0 bridgehead atoms. The third kappa shape index (κ3) is 17.7. The van der Waals surface area contributed by atoms with E-state index in [0.717, 1.165) is 72.2 Å². The molecular weight excluding hydrogens is 1300 g/mol. The number of aromatic hydroxyl groups is 1. The first kappa shape index (κ1) is 73.3. The number of piperidine rings is 1. The molecule has 8 amide bonds. The number of rotatable bonds is 17. The summed E-state index contributed by atoms with van der Waals surface area (Å²) in [6, 6.07) is 10.9. The Morgan fingerprint density at radius 1 is 0.789 bits per heavy atom. The zero-order chi connectivity index (χ0) is 67.7. The molecule has 32 nitrogen and oxygen atoms in total. The topological polar surface area (TPSA) is 484 Å². The minimum atomic E-state index is -2.54. The number of aromatic nitrogens is 3. The van der Waals surface area contributed by atoms with Crippen LogP contribution in [0.3, 0.4) is 0 Å². The van der Waals surface area contributed by atoms with Crippen LogP contribution < -0.4 is 76.2 Å². The summed E-state index contributed by atoms with van der Waals surface area (Å²) in [4.78, 5) is 122. The Balaban J connectivity index is 0.0000116. The third-order valence-electron chi connectivity index (χ3n) is 16.8. The third-order valence-corrected chi connectivity index (χ3v) is 18.2. The number of amides is 8. The molecule has 0 aliphatic carbocycles. The second kappa shape index (κ2) is 33.0. The first-order chi connectivity index (χ1) is 44.9. The number of phenols is 1. The Morgan fingerprint density at radius 2 is 1.44 bits per heavy atom. The smallest absolute Gasteiger partial charge is 0.691 e. The molecule has 6 heterocycles.